The number of ketones is 2. The Morgan fingerprint density at radius 2 is 0.375 bits per heavy atom. The molecule has 16 aromatic rings. The highest BCUT2D eigenvalue weighted by Crippen LogP contribution is 2.46. The lowest BCUT2D eigenvalue weighted by Gasteiger charge is -2.21. The van der Waals surface area contributed by atoms with Crippen LogP contribution in [-0.4, -0.2) is 11.6 Å². The molecule has 16 rings (SSSR count). The molecule has 0 N–H and O–H groups in total. The van der Waals surface area contributed by atoms with Crippen LogP contribution in [0.1, 0.15) is 178 Å². The molecule has 0 heterocycles. The third-order valence-corrected chi connectivity index (χ3v) is 23.9. The van der Waals surface area contributed by atoms with E-state index in [1.54, 1.807) is 0 Å². The van der Waals surface area contributed by atoms with E-state index in [-0.39, 0.29) is 35.2 Å². The summed E-state index contributed by atoms with van der Waals surface area (Å²) < 4.78 is 0. The molecule has 0 aromatic heterocycles. The van der Waals surface area contributed by atoms with Gasteiger partial charge >= 0.3 is 0 Å². The van der Waals surface area contributed by atoms with E-state index in [2.05, 4.69) is 438 Å². The fourth-order valence-electron chi connectivity index (χ4n) is 18.3. The van der Waals surface area contributed by atoms with Crippen molar-refractivity contribution in [3.05, 3.63) is 417 Å². The summed E-state index contributed by atoms with van der Waals surface area (Å²) in [7, 11) is 0. The Kier molecular flexibility index (Phi) is 22.9. The zero-order valence-corrected chi connectivity index (χ0v) is 72.3. The van der Waals surface area contributed by atoms with Crippen molar-refractivity contribution in [2.45, 2.75) is 134 Å². The van der Waals surface area contributed by atoms with Crippen molar-refractivity contribution in [1.29, 1.82) is 0 Å². The summed E-state index contributed by atoms with van der Waals surface area (Å²) in [6, 6.07) is 119. The summed E-state index contributed by atoms with van der Waals surface area (Å²) in [4.78, 5) is 32.7. The minimum Gasteiger partial charge on any atom is -0.289 e. The number of rotatable bonds is 21. The van der Waals surface area contributed by atoms with Crippen LogP contribution in [0.5, 0.6) is 0 Å². The molecule has 0 bridgehead atoms. The molecule has 0 spiro atoms. The number of carbonyl (C=O) groups excluding carboxylic acids is 2. The second-order valence-electron chi connectivity index (χ2n) is 35.0. The van der Waals surface area contributed by atoms with Gasteiger partial charge in [-0.3, -0.25) is 9.59 Å². The number of benzene rings is 16. The predicted molar refractivity (Wildman–Crippen MR) is 511 cm³/mol. The molecular formula is C118H106O2. The summed E-state index contributed by atoms with van der Waals surface area (Å²) in [5.74, 6) is 0.760. The SMILES string of the molecule is Cc1cc(C)cc(-c2cccc(-c3cc(C(=O)c4cc(-c5cccc(-c6cc(C)cc(C)c6)c5)cc(-c5ccc(-c6ccc(-c7cc(C(=O)c8cc(-c9ccccc9C(C)C)cc(-c9ccccc9C(C)C)c8)cc(-c8ccccc8C(C)C)c7)c(C(C)C)c6)c(-c6cc(C)cc(C)c6)c5)c4)cc(-c4cccc(-c5cc(C)cc(C)c5)c4)c3)c2)c1. The van der Waals surface area contributed by atoms with E-state index in [4.69, 9.17) is 0 Å². The largest absolute Gasteiger partial charge is 0.289 e. The lowest BCUT2D eigenvalue weighted by Crippen LogP contribution is -2.05. The molecule has 0 aliphatic rings. The van der Waals surface area contributed by atoms with Crippen molar-refractivity contribution in [1.82, 2.24) is 0 Å². The second-order valence-corrected chi connectivity index (χ2v) is 35.0. The maximum absolute atomic E-state index is 16.5. The highest BCUT2D eigenvalue weighted by Gasteiger charge is 2.25. The maximum atomic E-state index is 16.5. The maximum Gasteiger partial charge on any atom is 0.193 e. The van der Waals surface area contributed by atoms with Crippen LogP contribution in [0.2, 0.25) is 0 Å². The highest BCUT2D eigenvalue weighted by atomic mass is 16.1. The van der Waals surface area contributed by atoms with Crippen molar-refractivity contribution in [2.24, 2.45) is 0 Å². The van der Waals surface area contributed by atoms with Crippen molar-refractivity contribution in [3.63, 3.8) is 0 Å². The summed E-state index contributed by atoms with van der Waals surface area (Å²) in [5, 5.41) is 0. The Morgan fingerprint density at radius 3 is 0.675 bits per heavy atom. The van der Waals surface area contributed by atoms with Gasteiger partial charge in [0.05, 0.1) is 0 Å². The first kappa shape index (κ1) is 80.6. The van der Waals surface area contributed by atoms with Gasteiger partial charge in [-0.25, -0.2) is 0 Å². The molecule has 0 atom stereocenters. The van der Waals surface area contributed by atoms with Crippen molar-refractivity contribution < 1.29 is 9.59 Å². The number of aryl methyl sites for hydroxylation is 8. The number of hydrogen-bond acceptors (Lipinski definition) is 2. The topological polar surface area (TPSA) is 34.1 Å². The highest BCUT2D eigenvalue weighted by molar-refractivity contribution is 6.13. The monoisotopic (exact) mass is 1550 g/mol. The van der Waals surface area contributed by atoms with E-state index in [1.165, 1.54) is 66.8 Å². The zero-order chi connectivity index (χ0) is 83.9. The molecule has 590 valence electrons. The van der Waals surface area contributed by atoms with E-state index >= 15 is 9.59 Å². The zero-order valence-electron chi connectivity index (χ0n) is 72.3. The fourth-order valence-corrected chi connectivity index (χ4v) is 18.3. The van der Waals surface area contributed by atoms with Crippen LogP contribution in [0, 0.1) is 55.4 Å². The van der Waals surface area contributed by atoms with Crippen molar-refractivity contribution in [3.8, 4) is 145 Å². The minimum absolute atomic E-state index is 0.0266. The average Bonchev–Trinajstić information content (AvgIpc) is 0.765. The molecule has 0 aliphatic carbocycles. The molecule has 0 amide bonds. The average molecular weight is 1560 g/mol. The Morgan fingerprint density at radius 1 is 0.158 bits per heavy atom. The van der Waals surface area contributed by atoms with Crippen LogP contribution in [0.15, 0.2) is 328 Å². The van der Waals surface area contributed by atoms with Gasteiger partial charge in [0.15, 0.2) is 11.6 Å². The predicted octanol–water partition coefficient (Wildman–Crippen LogP) is 32.8. The summed E-state index contributed by atoms with van der Waals surface area (Å²) in [6.07, 6.45) is 0. The first-order valence-electron chi connectivity index (χ1n) is 42.7. The van der Waals surface area contributed by atoms with Crippen LogP contribution in [0.4, 0.5) is 0 Å². The lowest BCUT2D eigenvalue weighted by atomic mass is 9.83. The van der Waals surface area contributed by atoms with E-state index in [1.807, 2.05) is 0 Å². The van der Waals surface area contributed by atoms with Gasteiger partial charge in [-0.05, 0) is 343 Å². The molecule has 0 unspecified atom stereocenters. The molecule has 0 aliphatic heterocycles. The van der Waals surface area contributed by atoms with Gasteiger partial charge in [0.1, 0.15) is 0 Å². The van der Waals surface area contributed by atoms with E-state index in [0.717, 1.165) is 145 Å². The molecule has 2 heteroatoms. The molecule has 0 fully saturated rings. The standard InChI is InChI=1S/C118H106O2/c1-71(2)107-32-17-20-35-110(107)99-63-100(111-36-21-18-33-108(111)72(3)4)66-105(65-99)118(120)106-67-101(112-37-22-19-34-109(112)73(5)6)64-102(68-106)114-41-39-90(70-115(114)74(7)8)113-40-38-89(69-116(113)98-52-81(15)45-82(16)53-98)97-58-96(88-31-25-28-85(56-88)93-50-79(13)44-80(14)51-93)61-104(62-97)117(119)103-59-94(86-29-23-26-83(54-86)91-46-75(9)42-76(10)47-91)57-95(60-103)87-30-24-27-84(55-87)92-48-77(11)43-78(12)49-92/h17-74H,1-16H3. The first-order valence-corrected chi connectivity index (χ1v) is 42.7. The van der Waals surface area contributed by atoms with Gasteiger partial charge in [0.2, 0.25) is 0 Å². The van der Waals surface area contributed by atoms with Crippen LogP contribution < -0.4 is 0 Å². The van der Waals surface area contributed by atoms with Gasteiger partial charge in [-0.1, -0.05) is 330 Å². The third kappa shape index (κ3) is 17.3. The summed E-state index contributed by atoms with van der Waals surface area (Å²) in [5.41, 5.74) is 44.4. The molecule has 16 aromatic carbocycles. The molecule has 0 saturated carbocycles. The smallest absolute Gasteiger partial charge is 0.193 e. The quantitative estimate of drug-likeness (QED) is 0.0672. The Hall–Kier alpha value is -13.1. The fraction of sp³-hybridized carbons (Fsp3) is 0.169. The van der Waals surface area contributed by atoms with Crippen LogP contribution >= 0.6 is 0 Å². The van der Waals surface area contributed by atoms with E-state index in [0.29, 0.717) is 22.3 Å². The van der Waals surface area contributed by atoms with Crippen molar-refractivity contribution >= 4 is 11.6 Å². The Labute approximate surface area is 712 Å². The number of hydrogen-bond donors (Lipinski definition) is 0. The Bertz CT molecular complexity index is 6410. The molecular weight excluding hydrogens is 1450 g/mol. The van der Waals surface area contributed by atoms with E-state index < -0.39 is 0 Å². The van der Waals surface area contributed by atoms with Gasteiger partial charge in [-0.2, -0.15) is 0 Å². The van der Waals surface area contributed by atoms with Gasteiger partial charge in [0.25, 0.3) is 0 Å². The van der Waals surface area contributed by atoms with E-state index in [9.17, 15) is 0 Å². The second kappa shape index (κ2) is 34.1. The molecule has 2 nitrogen and oxygen atoms in total. The van der Waals surface area contributed by atoms with Crippen LogP contribution in [0.25, 0.3) is 145 Å². The van der Waals surface area contributed by atoms with Gasteiger partial charge < -0.3 is 0 Å². The third-order valence-electron chi connectivity index (χ3n) is 23.9. The minimum atomic E-state index is -0.0731. The summed E-state index contributed by atoms with van der Waals surface area (Å²) in [6.45, 7) is 35.4. The van der Waals surface area contributed by atoms with Gasteiger partial charge in [0, 0.05) is 22.3 Å². The van der Waals surface area contributed by atoms with Crippen LogP contribution in [-0.2, 0) is 0 Å². The first-order chi connectivity index (χ1) is 57.8. The number of carbonyl (C=O) groups is 2. The van der Waals surface area contributed by atoms with Gasteiger partial charge in [-0.15, -0.1) is 0 Å². The lowest BCUT2D eigenvalue weighted by molar-refractivity contribution is 0.103. The molecule has 120 heavy (non-hydrogen) atoms. The summed E-state index contributed by atoms with van der Waals surface area (Å²) >= 11 is 0. The van der Waals surface area contributed by atoms with Crippen LogP contribution in [0.3, 0.4) is 0 Å². The van der Waals surface area contributed by atoms with Crippen molar-refractivity contribution in [2.75, 3.05) is 0 Å². The molecule has 0 radical (unpaired) electrons. The normalized spacial score (nSPS) is 11.5. The Balaban J connectivity index is 0.857. The molecule has 0 saturated heterocycles.